The molecule has 1 aliphatic rings. The number of carbonyl (C=O) groups is 1. The van der Waals surface area contributed by atoms with Crippen LogP contribution in [0.1, 0.15) is 34.5 Å². The number of pyridine rings is 1. The Morgan fingerprint density at radius 1 is 1.36 bits per heavy atom. The Morgan fingerprint density at radius 2 is 2.11 bits per heavy atom. The third kappa shape index (κ3) is 4.99. The van der Waals surface area contributed by atoms with Crippen molar-refractivity contribution in [2.45, 2.75) is 30.8 Å². The number of ether oxygens (including phenoxy) is 1. The third-order valence-electron chi connectivity index (χ3n) is 4.56. The maximum atomic E-state index is 12.6. The summed E-state index contributed by atoms with van der Waals surface area (Å²) in [6.45, 7) is 2.90. The first kappa shape index (κ1) is 20.1. The predicted molar refractivity (Wildman–Crippen MR) is 106 cm³/mol. The molecule has 1 unspecified atom stereocenters. The molecular weight excluding hydrogens is 382 g/mol. The molecule has 8 nitrogen and oxygen atoms in total. The van der Waals surface area contributed by atoms with Crippen LogP contribution in [0.25, 0.3) is 0 Å². The highest BCUT2D eigenvalue weighted by atomic mass is 32.2. The first-order valence-electron chi connectivity index (χ1n) is 8.90. The standard InChI is InChI=1S/C19H21N3O5S/c1-13-18(10-16(11-20-13)22(24)25)19(23)21-15-4-2-3-14(9-15)12-28(26)17-5-7-27-8-6-17/h2-4,9-11,17H,5-8,12H2,1H3,(H,21,23). The van der Waals surface area contributed by atoms with Crippen molar-refractivity contribution >= 4 is 28.1 Å². The number of anilines is 1. The molecule has 9 heteroatoms. The van der Waals surface area contributed by atoms with E-state index in [1.165, 1.54) is 6.07 Å². The second-order valence-corrected chi connectivity index (χ2v) is 8.29. The zero-order valence-corrected chi connectivity index (χ0v) is 16.2. The topological polar surface area (TPSA) is 111 Å². The first-order valence-corrected chi connectivity index (χ1v) is 10.3. The Balaban J connectivity index is 1.70. The number of nitro groups is 1. The predicted octanol–water partition coefficient (Wildman–Crippen LogP) is 2.98. The van der Waals surface area contributed by atoms with Crippen LogP contribution in [0.3, 0.4) is 0 Å². The smallest absolute Gasteiger partial charge is 0.288 e. The van der Waals surface area contributed by atoms with Crippen LogP contribution >= 0.6 is 0 Å². The minimum atomic E-state index is -1.00. The molecule has 1 N–H and O–H groups in total. The van der Waals surface area contributed by atoms with Gasteiger partial charge in [0, 0.05) is 46.8 Å². The molecule has 1 saturated heterocycles. The van der Waals surface area contributed by atoms with E-state index >= 15 is 0 Å². The molecule has 0 radical (unpaired) electrons. The van der Waals surface area contributed by atoms with Crippen molar-refractivity contribution in [2.75, 3.05) is 18.5 Å². The summed E-state index contributed by atoms with van der Waals surface area (Å²) in [5.74, 6) is -0.0671. The van der Waals surface area contributed by atoms with Gasteiger partial charge < -0.3 is 10.1 Å². The van der Waals surface area contributed by atoms with E-state index in [4.69, 9.17) is 4.74 Å². The maximum Gasteiger partial charge on any atom is 0.288 e. The van der Waals surface area contributed by atoms with E-state index in [2.05, 4.69) is 10.3 Å². The van der Waals surface area contributed by atoms with E-state index in [0.29, 0.717) is 30.3 Å². The fourth-order valence-corrected chi connectivity index (χ4v) is 4.47. The van der Waals surface area contributed by atoms with E-state index in [0.717, 1.165) is 24.6 Å². The van der Waals surface area contributed by atoms with Gasteiger partial charge in [0.2, 0.25) is 0 Å². The van der Waals surface area contributed by atoms with Gasteiger partial charge in [0.1, 0.15) is 6.20 Å². The molecule has 28 heavy (non-hydrogen) atoms. The van der Waals surface area contributed by atoms with Crippen molar-refractivity contribution in [3.05, 3.63) is 63.5 Å². The summed E-state index contributed by atoms with van der Waals surface area (Å²) in [5, 5.41) is 13.8. The third-order valence-corrected chi connectivity index (χ3v) is 6.39. The monoisotopic (exact) mass is 403 g/mol. The van der Waals surface area contributed by atoms with Crippen LogP contribution in [0.2, 0.25) is 0 Å². The minimum Gasteiger partial charge on any atom is -0.381 e. The summed E-state index contributed by atoms with van der Waals surface area (Å²) < 4.78 is 17.9. The fraction of sp³-hybridized carbons (Fsp3) is 0.368. The minimum absolute atomic E-state index is 0.130. The molecule has 1 amide bonds. The Hall–Kier alpha value is -2.65. The zero-order chi connectivity index (χ0) is 20.1. The highest BCUT2D eigenvalue weighted by Gasteiger charge is 2.21. The Kier molecular flexibility index (Phi) is 6.48. The summed E-state index contributed by atoms with van der Waals surface area (Å²) in [4.78, 5) is 26.8. The highest BCUT2D eigenvalue weighted by Crippen LogP contribution is 2.20. The van der Waals surface area contributed by atoms with Crippen LogP contribution in [-0.4, -0.2) is 38.5 Å². The Morgan fingerprint density at radius 3 is 2.82 bits per heavy atom. The lowest BCUT2D eigenvalue weighted by molar-refractivity contribution is -0.385. The Bertz CT molecular complexity index is 912. The van der Waals surface area contributed by atoms with Crippen molar-refractivity contribution in [2.24, 2.45) is 0 Å². The molecule has 0 bridgehead atoms. The molecule has 1 aromatic carbocycles. The molecule has 0 spiro atoms. The lowest BCUT2D eigenvalue weighted by Gasteiger charge is -2.21. The lowest BCUT2D eigenvalue weighted by Crippen LogP contribution is -2.25. The molecule has 2 heterocycles. The van der Waals surface area contributed by atoms with E-state index in [1.54, 1.807) is 25.1 Å². The van der Waals surface area contributed by atoms with Gasteiger partial charge in [-0.2, -0.15) is 0 Å². The number of amides is 1. The van der Waals surface area contributed by atoms with Crippen molar-refractivity contribution in [3.63, 3.8) is 0 Å². The van der Waals surface area contributed by atoms with Gasteiger partial charge in [0.05, 0.1) is 16.2 Å². The van der Waals surface area contributed by atoms with Crippen molar-refractivity contribution < 1.29 is 18.7 Å². The van der Waals surface area contributed by atoms with Gasteiger partial charge in [-0.1, -0.05) is 12.1 Å². The molecule has 1 atom stereocenters. The molecule has 1 aliphatic heterocycles. The van der Waals surface area contributed by atoms with Gasteiger partial charge in [-0.05, 0) is 37.5 Å². The molecule has 1 aromatic heterocycles. The van der Waals surface area contributed by atoms with Crippen molar-refractivity contribution in [1.82, 2.24) is 4.98 Å². The van der Waals surface area contributed by atoms with Gasteiger partial charge in [-0.25, -0.2) is 0 Å². The van der Waals surface area contributed by atoms with Gasteiger partial charge in [0.25, 0.3) is 11.6 Å². The van der Waals surface area contributed by atoms with Crippen molar-refractivity contribution in [3.8, 4) is 0 Å². The SMILES string of the molecule is Cc1ncc([N+](=O)[O-])cc1C(=O)Nc1cccc(CS(=O)C2CCOCC2)c1. The molecule has 2 aromatic rings. The van der Waals surface area contributed by atoms with Crippen LogP contribution in [0, 0.1) is 17.0 Å². The average Bonchev–Trinajstić information content (AvgIpc) is 2.69. The van der Waals surface area contributed by atoms with Crippen LogP contribution in [0.4, 0.5) is 11.4 Å². The van der Waals surface area contributed by atoms with Gasteiger partial charge in [-0.15, -0.1) is 0 Å². The number of benzene rings is 1. The first-order chi connectivity index (χ1) is 13.4. The number of hydrogen-bond donors (Lipinski definition) is 1. The normalized spacial score (nSPS) is 15.8. The molecule has 148 valence electrons. The van der Waals surface area contributed by atoms with E-state index in [1.807, 2.05) is 6.07 Å². The van der Waals surface area contributed by atoms with Gasteiger partial charge in [0.15, 0.2) is 0 Å². The summed E-state index contributed by atoms with van der Waals surface area (Å²) >= 11 is 0. The summed E-state index contributed by atoms with van der Waals surface area (Å²) in [6, 6.07) is 8.35. The second kappa shape index (κ2) is 9.03. The zero-order valence-electron chi connectivity index (χ0n) is 15.4. The van der Waals surface area contributed by atoms with Crippen LogP contribution in [0.5, 0.6) is 0 Å². The highest BCUT2D eigenvalue weighted by molar-refractivity contribution is 7.84. The van der Waals surface area contributed by atoms with Gasteiger partial charge >= 0.3 is 0 Å². The second-order valence-electron chi connectivity index (χ2n) is 6.57. The number of nitrogens with zero attached hydrogens (tertiary/aromatic N) is 2. The number of nitrogens with one attached hydrogen (secondary N) is 1. The van der Waals surface area contributed by atoms with Crippen LogP contribution in [0.15, 0.2) is 36.5 Å². The molecule has 3 rings (SSSR count). The van der Waals surface area contributed by atoms with Crippen LogP contribution < -0.4 is 5.32 Å². The quantitative estimate of drug-likeness (QED) is 0.586. The molecule has 1 fully saturated rings. The summed E-state index contributed by atoms with van der Waals surface area (Å²) in [7, 11) is -1.00. The van der Waals surface area contributed by atoms with Crippen LogP contribution in [-0.2, 0) is 21.3 Å². The number of hydrogen-bond acceptors (Lipinski definition) is 6. The lowest BCUT2D eigenvalue weighted by atomic mass is 10.1. The van der Waals surface area contributed by atoms with E-state index in [-0.39, 0.29) is 16.5 Å². The van der Waals surface area contributed by atoms with Gasteiger partial charge in [-0.3, -0.25) is 24.1 Å². The Labute approximate surface area is 164 Å². The molecular formula is C19H21N3O5S. The average molecular weight is 403 g/mol. The summed E-state index contributed by atoms with van der Waals surface area (Å²) in [6.07, 6.45) is 2.71. The van der Waals surface area contributed by atoms with E-state index in [9.17, 15) is 19.1 Å². The molecule has 0 aliphatic carbocycles. The number of carbonyl (C=O) groups excluding carboxylic acids is 1. The maximum absolute atomic E-state index is 12.6. The largest absolute Gasteiger partial charge is 0.381 e. The summed E-state index contributed by atoms with van der Waals surface area (Å²) in [5.41, 5.74) is 1.70. The number of aryl methyl sites for hydroxylation is 1. The molecule has 0 saturated carbocycles. The number of rotatable bonds is 6. The fourth-order valence-electron chi connectivity index (χ4n) is 3.01. The number of aromatic nitrogens is 1. The van der Waals surface area contributed by atoms with E-state index < -0.39 is 21.6 Å². The van der Waals surface area contributed by atoms with Crippen molar-refractivity contribution in [1.29, 1.82) is 0 Å².